The van der Waals surface area contributed by atoms with Crippen LogP contribution >= 0.6 is 0 Å². The van der Waals surface area contributed by atoms with Crippen molar-refractivity contribution in [1.29, 1.82) is 0 Å². The van der Waals surface area contributed by atoms with Gasteiger partial charge in [0.05, 0.1) is 0 Å². The molecule has 0 aromatic rings. The van der Waals surface area contributed by atoms with Gasteiger partial charge in [-0.3, -0.25) is 0 Å². The minimum atomic E-state index is 0.641. The van der Waals surface area contributed by atoms with Gasteiger partial charge in [-0.1, -0.05) is 20.8 Å². The van der Waals surface area contributed by atoms with Crippen LogP contribution in [0.15, 0.2) is 0 Å². The zero-order chi connectivity index (χ0) is 10.8. The fourth-order valence-corrected chi connectivity index (χ4v) is 2.92. The first-order chi connectivity index (χ1) is 7.15. The zero-order valence-electron chi connectivity index (χ0n) is 10.5. The molecular formula is C13H26N2. The molecule has 1 aliphatic heterocycles. The van der Waals surface area contributed by atoms with Crippen molar-refractivity contribution in [2.45, 2.75) is 52.1 Å². The molecule has 0 spiro atoms. The first-order valence-electron chi connectivity index (χ1n) is 6.62. The average molecular weight is 210 g/mol. The lowest BCUT2D eigenvalue weighted by molar-refractivity contribution is 0.106. The van der Waals surface area contributed by atoms with Crippen LogP contribution in [-0.4, -0.2) is 36.6 Å². The molecule has 2 heteroatoms. The molecule has 1 saturated carbocycles. The Morgan fingerprint density at radius 1 is 1.33 bits per heavy atom. The normalized spacial score (nSPS) is 37.2. The van der Waals surface area contributed by atoms with E-state index < -0.39 is 0 Å². The summed E-state index contributed by atoms with van der Waals surface area (Å²) in [6.45, 7) is 10.8. The van der Waals surface area contributed by atoms with E-state index in [-0.39, 0.29) is 0 Å². The van der Waals surface area contributed by atoms with Crippen LogP contribution in [0, 0.1) is 11.8 Å². The van der Waals surface area contributed by atoms with Crippen molar-refractivity contribution >= 4 is 0 Å². The number of nitrogens with one attached hydrogen (secondary N) is 1. The molecule has 2 aliphatic rings. The molecule has 1 N–H and O–H groups in total. The second-order valence-corrected chi connectivity index (χ2v) is 5.94. The molecule has 0 aromatic carbocycles. The van der Waals surface area contributed by atoms with Crippen LogP contribution < -0.4 is 5.32 Å². The molecule has 0 aromatic heterocycles. The van der Waals surface area contributed by atoms with Crippen molar-refractivity contribution in [2.24, 2.45) is 11.8 Å². The van der Waals surface area contributed by atoms with Gasteiger partial charge < -0.3 is 10.2 Å². The molecule has 1 saturated heterocycles. The van der Waals surface area contributed by atoms with Gasteiger partial charge in [-0.05, 0) is 44.2 Å². The number of likely N-dealkylation sites (tertiary alicyclic amines) is 1. The van der Waals surface area contributed by atoms with Crippen molar-refractivity contribution in [3.8, 4) is 0 Å². The smallest absolute Gasteiger partial charge is 0.0100 e. The molecule has 0 amide bonds. The van der Waals surface area contributed by atoms with Gasteiger partial charge in [-0.2, -0.15) is 0 Å². The number of hydrogen-bond donors (Lipinski definition) is 1. The van der Waals surface area contributed by atoms with Gasteiger partial charge in [0, 0.05) is 18.6 Å². The summed E-state index contributed by atoms with van der Waals surface area (Å²) in [7, 11) is 0. The first-order valence-corrected chi connectivity index (χ1v) is 6.62. The van der Waals surface area contributed by atoms with Crippen LogP contribution in [0.4, 0.5) is 0 Å². The Kier molecular flexibility index (Phi) is 3.68. The van der Waals surface area contributed by atoms with E-state index in [0.717, 1.165) is 17.9 Å². The molecule has 2 nitrogen and oxygen atoms in total. The quantitative estimate of drug-likeness (QED) is 0.764. The highest BCUT2D eigenvalue weighted by Crippen LogP contribution is 2.34. The van der Waals surface area contributed by atoms with Crippen LogP contribution in [-0.2, 0) is 0 Å². The Labute approximate surface area is 94.4 Å². The summed E-state index contributed by atoms with van der Waals surface area (Å²) in [4.78, 5) is 2.73. The van der Waals surface area contributed by atoms with Crippen LogP contribution in [0.25, 0.3) is 0 Å². The third kappa shape index (κ3) is 2.94. The van der Waals surface area contributed by atoms with Crippen LogP contribution in [0.3, 0.4) is 0 Å². The second kappa shape index (κ2) is 4.84. The molecule has 1 aliphatic carbocycles. The van der Waals surface area contributed by atoms with Crippen molar-refractivity contribution in [1.82, 2.24) is 10.2 Å². The molecule has 15 heavy (non-hydrogen) atoms. The Morgan fingerprint density at radius 2 is 2.07 bits per heavy atom. The van der Waals surface area contributed by atoms with E-state index in [9.17, 15) is 0 Å². The van der Waals surface area contributed by atoms with E-state index >= 15 is 0 Å². The Bertz CT molecular complexity index is 197. The summed E-state index contributed by atoms with van der Waals surface area (Å²) in [5.41, 5.74) is 0. The Morgan fingerprint density at radius 3 is 2.67 bits per heavy atom. The predicted octanol–water partition coefficient (Wildman–Crippen LogP) is 2.10. The average Bonchev–Trinajstić information content (AvgIpc) is 2.57. The van der Waals surface area contributed by atoms with Crippen molar-refractivity contribution in [2.75, 3.05) is 19.6 Å². The van der Waals surface area contributed by atoms with Crippen molar-refractivity contribution < 1.29 is 0 Å². The van der Waals surface area contributed by atoms with Gasteiger partial charge in [0.1, 0.15) is 0 Å². The topological polar surface area (TPSA) is 15.3 Å². The molecule has 1 atom stereocenters. The Hall–Kier alpha value is -0.0800. The zero-order valence-corrected chi connectivity index (χ0v) is 10.5. The van der Waals surface area contributed by atoms with E-state index in [4.69, 9.17) is 0 Å². The molecule has 2 fully saturated rings. The predicted molar refractivity (Wildman–Crippen MR) is 65.0 cm³/mol. The van der Waals surface area contributed by atoms with Crippen molar-refractivity contribution in [3.63, 3.8) is 0 Å². The van der Waals surface area contributed by atoms with Crippen LogP contribution in [0.1, 0.15) is 40.0 Å². The molecule has 0 radical (unpaired) electrons. The maximum absolute atomic E-state index is 3.57. The summed E-state index contributed by atoms with van der Waals surface area (Å²) in [6, 6.07) is 1.58. The summed E-state index contributed by atoms with van der Waals surface area (Å²) < 4.78 is 0. The summed E-state index contributed by atoms with van der Waals surface area (Å²) in [5.74, 6) is 1.89. The van der Waals surface area contributed by atoms with E-state index in [1.807, 2.05) is 0 Å². The minimum absolute atomic E-state index is 0.641. The molecule has 2 rings (SSSR count). The van der Waals surface area contributed by atoms with Gasteiger partial charge in [0.2, 0.25) is 0 Å². The summed E-state index contributed by atoms with van der Waals surface area (Å²) in [5, 5.41) is 3.57. The van der Waals surface area contributed by atoms with Gasteiger partial charge in [-0.25, -0.2) is 0 Å². The first kappa shape index (κ1) is 11.4. The second-order valence-electron chi connectivity index (χ2n) is 5.94. The lowest BCUT2D eigenvalue weighted by atomic mass is 9.81. The van der Waals surface area contributed by atoms with E-state index in [2.05, 4.69) is 31.0 Å². The minimum Gasteiger partial charge on any atom is -0.314 e. The molecular weight excluding hydrogens is 184 g/mol. The van der Waals surface area contributed by atoms with E-state index in [1.165, 1.54) is 38.9 Å². The fraction of sp³-hybridized carbons (Fsp3) is 1.00. The highest BCUT2D eigenvalue weighted by atomic mass is 15.2. The van der Waals surface area contributed by atoms with Gasteiger partial charge in [-0.15, -0.1) is 0 Å². The van der Waals surface area contributed by atoms with Crippen LogP contribution in [0.2, 0.25) is 0 Å². The third-order valence-corrected chi connectivity index (χ3v) is 4.00. The van der Waals surface area contributed by atoms with Crippen molar-refractivity contribution in [3.05, 3.63) is 0 Å². The summed E-state index contributed by atoms with van der Waals surface area (Å²) >= 11 is 0. The number of nitrogens with zero attached hydrogens (tertiary/aromatic N) is 1. The van der Waals surface area contributed by atoms with Crippen LogP contribution in [0.5, 0.6) is 0 Å². The highest BCUT2D eigenvalue weighted by Gasteiger charge is 2.34. The summed E-state index contributed by atoms with van der Waals surface area (Å²) in [6.07, 6.45) is 4.30. The SMILES string of the molecule is CC1CC(N2CCC(CNC(C)C)C2)C1. The molecule has 0 bridgehead atoms. The van der Waals surface area contributed by atoms with Gasteiger partial charge >= 0.3 is 0 Å². The molecule has 1 heterocycles. The number of hydrogen-bond acceptors (Lipinski definition) is 2. The Balaban J connectivity index is 1.66. The maximum atomic E-state index is 3.57. The lowest BCUT2D eigenvalue weighted by Gasteiger charge is -2.39. The highest BCUT2D eigenvalue weighted by molar-refractivity contribution is 4.89. The largest absolute Gasteiger partial charge is 0.314 e. The van der Waals surface area contributed by atoms with Gasteiger partial charge in [0.15, 0.2) is 0 Å². The lowest BCUT2D eigenvalue weighted by Crippen LogP contribution is -2.43. The number of rotatable bonds is 4. The van der Waals surface area contributed by atoms with Gasteiger partial charge in [0.25, 0.3) is 0 Å². The molecule has 1 unspecified atom stereocenters. The van der Waals surface area contributed by atoms with E-state index in [1.54, 1.807) is 0 Å². The standard InChI is InChI=1S/C13H26N2/c1-10(2)14-8-12-4-5-15(9-12)13-6-11(3)7-13/h10-14H,4-9H2,1-3H3. The monoisotopic (exact) mass is 210 g/mol. The fourth-order valence-electron chi connectivity index (χ4n) is 2.92. The third-order valence-electron chi connectivity index (χ3n) is 4.00. The maximum Gasteiger partial charge on any atom is 0.0100 e. The molecule has 88 valence electrons. The van der Waals surface area contributed by atoms with E-state index in [0.29, 0.717) is 6.04 Å².